The van der Waals surface area contributed by atoms with Crippen molar-refractivity contribution in [3.05, 3.63) is 23.8 Å². The highest BCUT2D eigenvalue weighted by molar-refractivity contribution is 6.01. The molecular formula is C22H29FO5. The predicted molar refractivity (Wildman–Crippen MR) is 99.9 cm³/mol. The minimum Gasteiger partial charge on any atom is -0.393 e. The lowest BCUT2D eigenvalue weighted by Crippen LogP contribution is -2.63. The molecule has 0 aromatic heterocycles. The molecule has 5 nitrogen and oxygen atoms in total. The molecule has 0 aromatic carbocycles. The van der Waals surface area contributed by atoms with E-state index >= 15 is 4.39 Å². The van der Waals surface area contributed by atoms with Crippen molar-refractivity contribution >= 4 is 11.6 Å². The number of ketones is 2. The van der Waals surface area contributed by atoms with Crippen molar-refractivity contribution in [2.45, 2.75) is 57.9 Å². The van der Waals surface area contributed by atoms with Gasteiger partial charge in [-0.05, 0) is 54.7 Å². The fraction of sp³-hybridized carbons (Fsp3) is 0.727. The summed E-state index contributed by atoms with van der Waals surface area (Å²) in [5.41, 5.74) is -3.00. The highest BCUT2D eigenvalue weighted by Crippen LogP contribution is 2.68. The Morgan fingerprint density at radius 2 is 2.00 bits per heavy atom. The molecule has 0 bridgehead atoms. The number of aliphatic hydroxyl groups excluding tert-OH is 2. The molecule has 0 spiro atoms. The van der Waals surface area contributed by atoms with E-state index in [-0.39, 0.29) is 42.3 Å². The Morgan fingerprint density at radius 3 is 2.64 bits per heavy atom. The average Bonchev–Trinajstić information content (AvgIpc) is 2.83. The van der Waals surface area contributed by atoms with Gasteiger partial charge in [0.05, 0.1) is 6.10 Å². The number of allylic oxidation sites excluding steroid dienone is 4. The summed E-state index contributed by atoms with van der Waals surface area (Å²) in [6, 6.07) is 0. The molecule has 6 heteroatoms. The lowest BCUT2D eigenvalue weighted by atomic mass is 9.46. The van der Waals surface area contributed by atoms with Gasteiger partial charge >= 0.3 is 0 Å². The third-order valence-electron chi connectivity index (χ3n) is 8.63. The summed E-state index contributed by atoms with van der Waals surface area (Å²) < 4.78 is 15.2. The van der Waals surface area contributed by atoms with Crippen molar-refractivity contribution < 1.29 is 29.3 Å². The van der Waals surface area contributed by atoms with Gasteiger partial charge in [0.15, 0.2) is 11.6 Å². The Labute approximate surface area is 164 Å². The minimum atomic E-state index is -1.74. The molecule has 4 aliphatic rings. The van der Waals surface area contributed by atoms with Gasteiger partial charge in [0.2, 0.25) is 0 Å². The zero-order valence-electron chi connectivity index (χ0n) is 16.6. The van der Waals surface area contributed by atoms with Crippen LogP contribution in [-0.4, -0.2) is 51.4 Å². The van der Waals surface area contributed by atoms with Crippen LogP contribution >= 0.6 is 0 Å². The largest absolute Gasteiger partial charge is 0.393 e. The quantitative estimate of drug-likeness (QED) is 0.666. The van der Waals surface area contributed by atoms with E-state index in [4.69, 9.17) is 0 Å². The number of carbonyl (C=O) groups excluding carboxylic acids is 2. The molecule has 0 amide bonds. The minimum absolute atomic E-state index is 0.154. The first-order valence-electron chi connectivity index (χ1n) is 10.1. The summed E-state index contributed by atoms with van der Waals surface area (Å²) in [7, 11) is 0. The summed E-state index contributed by atoms with van der Waals surface area (Å²) in [4.78, 5) is 24.4. The topological polar surface area (TPSA) is 94.8 Å². The number of rotatable bonds is 2. The summed E-state index contributed by atoms with van der Waals surface area (Å²) in [5, 5.41) is 32.1. The molecule has 4 aliphatic carbocycles. The van der Waals surface area contributed by atoms with Crippen LogP contribution in [0.1, 0.15) is 40.0 Å². The van der Waals surface area contributed by atoms with Gasteiger partial charge in [0.1, 0.15) is 18.4 Å². The number of hydrogen-bond donors (Lipinski definition) is 3. The van der Waals surface area contributed by atoms with Crippen molar-refractivity contribution in [3.63, 3.8) is 0 Å². The third-order valence-corrected chi connectivity index (χ3v) is 8.63. The van der Waals surface area contributed by atoms with Gasteiger partial charge in [0, 0.05) is 16.7 Å². The maximum absolute atomic E-state index is 15.2. The van der Waals surface area contributed by atoms with E-state index in [1.54, 1.807) is 19.9 Å². The normalized spacial score (nSPS) is 52.5. The lowest BCUT2D eigenvalue weighted by molar-refractivity contribution is -0.185. The summed E-state index contributed by atoms with van der Waals surface area (Å²) in [6.07, 6.45) is 3.29. The highest BCUT2D eigenvalue weighted by Gasteiger charge is 2.71. The van der Waals surface area contributed by atoms with Gasteiger partial charge in [-0.2, -0.15) is 0 Å². The van der Waals surface area contributed by atoms with E-state index in [0.29, 0.717) is 12.0 Å². The fourth-order valence-corrected chi connectivity index (χ4v) is 7.38. The highest BCUT2D eigenvalue weighted by atomic mass is 19.1. The lowest BCUT2D eigenvalue weighted by Gasteiger charge is -2.60. The first kappa shape index (κ1) is 19.9. The zero-order valence-corrected chi connectivity index (χ0v) is 16.6. The molecule has 0 radical (unpaired) electrons. The van der Waals surface area contributed by atoms with Gasteiger partial charge in [0.25, 0.3) is 0 Å². The Morgan fingerprint density at radius 1 is 1.32 bits per heavy atom. The van der Waals surface area contributed by atoms with Crippen molar-refractivity contribution in [2.75, 3.05) is 6.61 Å². The molecule has 0 unspecified atom stereocenters. The standard InChI is InChI=1S/C22H29FO5/c1-11-6-14-13-8-16(23)15-7-12(25)4-5-20(15,2)19(13)17(26)9-21(14,3)22(11,28)18(27)10-24/h4-5,7,11,13-14,16-17,19,24,26,28H,6,8-10H2,1-3H3/t11-,13+,14+,16+,17+,19-,20-,21+,22+/m1/s1. The van der Waals surface area contributed by atoms with E-state index in [1.165, 1.54) is 12.2 Å². The van der Waals surface area contributed by atoms with Crippen LogP contribution in [0.4, 0.5) is 4.39 Å². The van der Waals surface area contributed by atoms with Crippen LogP contribution in [0.3, 0.4) is 0 Å². The Kier molecular flexibility index (Phi) is 4.32. The van der Waals surface area contributed by atoms with E-state index in [0.717, 1.165) is 0 Å². The van der Waals surface area contributed by atoms with Crippen LogP contribution in [0.25, 0.3) is 0 Å². The summed E-state index contributed by atoms with van der Waals surface area (Å²) in [5.74, 6) is -1.92. The van der Waals surface area contributed by atoms with Gasteiger partial charge in [-0.15, -0.1) is 0 Å². The number of halogens is 1. The molecule has 0 aliphatic heterocycles. The molecule has 3 saturated carbocycles. The molecule has 3 fully saturated rings. The van der Waals surface area contributed by atoms with E-state index in [9.17, 15) is 24.9 Å². The van der Waals surface area contributed by atoms with E-state index in [2.05, 4.69) is 0 Å². The van der Waals surface area contributed by atoms with Gasteiger partial charge in [-0.3, -0.25) is 9.59 Å². The number of alkyl halides is 1. The van der Waals surface area contributed by atoms with Crippen LogP contribution < -0.4 is 0 Å². The van der Waals surface area contributed by atoms with E-state index < -0.39 is 41.1 Å². The van der Waals surface area contributed by atoms with Crippen LogP contribution in [0, 0.1) is 34.5 Å². The monoisotopic (exact) mass is 392 g/mol. The molecule has 154 valence electrons. The molecule has 0 aromatic rings. The van der Waals surface area contributed by atoms with Crippen molar-refractivity contribution in [1.29, 1.82) is 0 Å². The maximum Gasteiger partial charge on any atom is 0.190 e. The van der Waals surface area contributed by atoms with Crippen LogP contribution in [0.2, 0.25) is 0 Å². The number of Topliss-reactive ketones (excluding diaryl/α,β-unsaturated/α-hetero) is 1. The van der Waals surface area contributed by atoms with Gasteiger partial charge < -0.3 is 15.3 Å². The second-order valence-corrected chi connectivity index (χ2v) is 9.79. The zero-order chi connectivity index (χ0) is 20.6. The van der Waals surface area contributed by atoms with Gasteiger partial charge in [-0.1, -0.05) is 26.8 Å². The SMILES string of the molecule is C[C@@H]1C[C@H]2[C@@H]3C[C@H](F)C4=CC(=O)C=C[C@@]4(C)[C@H]3[C@@H](O)C[C@]2(C)[C@@]1(O)C(=O)CO. The predicted octanol–water partition coefficient (Wildman–Crippen LogP) is 1.75. The van der Waals surface area contributed by atoms with Crippen molar-refractivity contribution in [2.24, 2.45) is 34.5 Å². The molecule has 9 atom stereocenters. The first-order valence-corrected chi connectivity index (χ1v) is 10.1. The second kappa shape index (κ2) is 6.07. The number of hydrogen-bond acceptors (Lipinski definition) is 5. The first-order chi connectivity index (χ1) is 13.0. The second-order valence-electron chi connectivity index (χ2n) is 9.79. The van der Waals surface area contributed by atoms with Crippen molar-refractivity contribution in [1.82, 2.24) is 0 Å². The molecule has 4 rings (SSSR count). The summed E-state index contributed by atoms with van der Waals surface area (Å²) in [6.45, 7) is 4.71. The number of carbonyl (C=O) groups is 2. The van der Waals surface area contributed by atoms with Crippen LogP contribution in [0.15, 0.2) is 23.8 Å². The average molecular weight is 392 g/mol. The fourth-order valence-electron chi connectivity index (χ4n) is 7.38. The summed E-state index contributed by atoms with van der Waals surface area (Å²) >= 11 is 0. The molecule has 3 N–H and O–H groups in total. The number of aliphatic hydroxyl groups is 3. The van der Waals surface area contributed by atoms with E-state index in [1.807, 2.05) is 6.92 Å². The maximum atomic E-state index is 15.2. The molecule has 28 heavy (non-hydrogen) atoms. The third kappa shape index (κ3) is 2.22. The Balaban J connectivity index is 1.81. The van der Waals surface area contributed by atoms with Crippen LogP contribution in [-0.2, 0) is 9.59 Å². The van der Waals surface area contributed by atoms with Crippen molar-refractivity contribution in [3.8, 4) is 0 Å². The number of fused-ring (bicyclic) bond motifs is 5. The van der Waals surface area contributed by atoms with Crippen LogP contribution in [0.5, 0.6) is 0 Å². The van der Waals surface area contributed by atoms with Gasteiger partial charge in [-0.25, -0.2) is 4.39 Å². The molecule has 0 saturated heterocycles. The Bertz CT molecular complexity index is 790. The molecule has 0 heterocycles. The molecular weight excluding hydrogens is 363 g/mol. The smallest absolute Gasteiger partial charge is 0.190 e. The Hall–Kier alpha value is -1.37.